The van der Waals surface area contributed by atoms with Gasteiger partial charge < -0.3 is 8.83 Å². The van der Waals surface area contributed by atoms with E-state index in [2.05, 4.69) is 0 Å². The van der Waals surface area contributed by atoms with E-state index in [0.29, 0.717) is 23.3 Å². The van der Waals surface area contributed by atoms with Crippen molar-refractivity contribution in [1.82, 2.24) is 0 Å². The number of aryl methyl sites for hydroxylation is 3. The van der Waals surface area contributed by atoms with Gasteiger partial charge in [0.25, 0.3) is 0 Å². The van der Waals surface area contributed by atoms with Crippen LogP contribution in [0.3, 0.4) is 0 Å². The van der Waals surface area contributed by atoms with Gasteiger partial charge in [-0.2, -0.15) is 0 Å². The lowest BCUT2D eigenvalue weighted by atomic mass is 10.0. The van der Waals surface area contributed by atoms with Gasteiger partial charge in [-0.1, -0.05) is 6.92 Å². The van der Waals surface area contributed by atoms with Crippen LogP contribution < -0.4 is 0 Å². The molecule has 16 heavy (non-hydrogen) atoms. The van der Waals surface area contributed by atoms with E-state index in [-0.39, 0.29) is 5.78 Å². The summed E-state index contributed by atoms with van der Waals surface area (Å²) in [4.78, 5) is 12.2. The van der Waals surface area contributed by atoms with E-state index in [1.54, 1.807) is 25.3 Å². The van der Waals surface area contributed by atoms with Crippen LogP contribution in [-0.4, -0.2) is 5.78 Å². The van der Waals surface area contributed by atoms with Gasteiger partial charge in [0.05, 0.1) is 17.4 Å². The fourth-order valence-corrected chi connectivity index (χ4v) is 1.82. The molecule has 2 heterocycles. The summed E-state index contributed by atoms with van der Waals surface area (Å²) < 4.78 is 10.6. The first-order valence-corrected chi connectivity index (χ1v) is 5.31. The van der Waals surface area contributed by atoms with Crippen LogP contribution in [0.25, 0.3) is 0 Å². The largest absolute Gasteiger partial charge is 0.469 e. The lowest BCUT2D eigenvalue weighted by Gasteiger charge is -1.98. The molecule has 0 unspecified atom stereocenters. The van der Waals surface area contributed by atoms with Crippen LogP contribution >= 0.6 is 0 Å². The second-order valence-corrected chi connectivity index (χ2v) is 3.77. The second kappa shape index (κ2) is 4.00. The third-order valence-corrected chi connectivity index (χ3v) is 2.60. The number of hydrogen-bond acceptors (Lipinski definition) is 3. The highest BCUT2D eigenvalue weighted by atomic mass is 16.3. The zero-order chi connectivity index (χ0) is 11.7. The summed E-state index contributed by atoms with van der Waals surface area (Å²) in [6.07, 6.45) is 2.26. The molecule has 2 aromatic rings. The zero-order valence-electron chi connectivity index (χ0n) is 9.66. The Labute approximate surface area is 94.1 Å². The number of furan rings is 2. The molecule has 0 amide bonds. The minimum absolute atomic E-state index is 0.0278. The Bertz CT molecular complexity index is 517. The van der Waals surface area contributed by atoms with Crippen molar-refractivity contribution < 1.29 is 13.6 Å². The summed E-state index contributed by atoms with van der Waals surface area (Å²) in [5.74, 6) is 2.11. The summed E-state index contributed by atoms with van der Waals surface area (Å²) in [5, 5.41) is 0. The van der Waals surface area contributed by atoms with Gasteiger partial charge in [0.1, 0.15) is 17.3 Å². The highest BCUT2D eigenvalue weighted by Gasteiger charge is 2.19. The van der Waals surface area contributed by atoms with Crippen molar-refractivity contribution in [2.75, 3.05) is 0 Å². The third kappa shape index (κ3) is 1.69. The topological polar surface area (TPSA) is 43.4 Å². The quantitative estimate of drug-likeness (QED) is 0.742. The zero-order valence-corrected chi connectivity index (χ0v) is 9.66. The standard InChI is InChI=1S/C13H14O3/c1-4-12-10(5-6-15-12)13(14)11-7-8(2)16-9(11)3/h5-7H,4H2,1-3H3. The molecule has 0 atom stereocenters. The molecule has 0 N–H and O–H groups in total. The van der Waals surface area contributed by atoms with Crippen molar-refractivity contribution in [2.24, 2.45) is 0 Å². The molecule has 3 nitrogen and oxygen atoms in total. The lowest BCUT2D eigenvalue weighted by molar-refractivity contribution is 0.103. The maximum Gasteiger partial charge on any atom is 0.200 e. The molecule has 2 rings (SSSR count). The van der Waals surface area contributed by atoms with Gasteiger partial charge in [-0.05, 0) is 26.0 Å². The first-order chi connectivity index (χ1) is 7.63. The Hall–Kier alpha value is -1.77. The molecule has 0 spiro atoms. The summed E-state index contributed by atoms with van der Waals surface area (Å²) in [6, 6.07) is 3.48. The fraction of sp³-hybridized carbons (Fsp3) is 0.308. The normalized spacial score (nSPS) is 10.7. The Morgan fingerprint density at radius 1 is 1.31 bits per heavy atom. The molecule has 84 valence electrons. The minimum Gasteiger partial charge on any atom is -0.469 e. The van der Waals surface area contributed by atoms with Crippen LogP contribution in [0.1, 0.15) is 40.1 Å². The van der Waals surface area contributed by atoms with E-state index in [4.69, 9.17) is 8.83 Å². The van der Waals surface area contributed by atoms with E-state index in [9.17, 15) is 4.79 Å². The Balaban J connectivity index is 2.43. The Morgan fingerprint density at radius 2 is 2.06 bits per heavy atom. The minimum atomic E-state index is -0.0278. The van der Waals surface area contributed by atoms with Crippen molar-refractivity contribution in [3.8, 4) is 0 Å². The van der Waals surface area contributed by atoms with Crippen LogP contribution in [-0.2, 0) is 6.42 Å². The monoisotopic (exact) mass is 218 g/mol. The van der Waals surface area contributed by atoms with Crippen LogP contribution in [0, 0.1) is 13.8 Å². The highest BCUT2D eigenvalue weighted by Crippen LogP contribution is 2.21. The maximum absolute atomic E-state index is 12.2. The van der Waals surface area contributed by atoms with Crippen molar-refractivity contribution in [2.45, 2.75) is 27.2 Å². The molecule has 0 aliphatic rings. The molecule has 0 radical (unpaired) electrons. The van der Waals surface area contributed by atoms with Gasteiger partial charge in [0.2, 0.25) is 0 Å². The number of rotatable bonds is 3. The van der Waals surface area contributed by atoms with E-state index in [1.165, 1.54) is 0 Å². The number of ketones is 1. The molecule has 2 aromatic heterocycles. The molecule has 0 aliphatic carbocycles. The molecule has 0 bridgehead atoms. The predicted octanol–water partition coefficient (Wildman–Crippen LogP) is 3.28. The van der Waals surface area contributed by atoms with Crippen molar-refractivity contribution >= 4 is 5.78 Å². The van der Waals surface area contributed by atoms with Crippen LogP contribution in [0.2, 0.25) is 0 Å². The summed E-state index contributed by atoms with van der Waals surface area (Å²) in [7, 11) is 0. The number of hydrogen-bond donors (Lipinski definition) is 0. The number of carbonyl (C=O) groups is 1. The van der Waals surface area contributed by atoms with Gasteiger partial charge in [0.15, 0.2) is 5.78 Å². The Morgan fingerprint density at radius 3 is 2.62 bits per heavy atom. The maximum atomic E-state index is 12.2. The third-order valence-electron chi connectivity index (χ3n) is 2.60. The Kier molecular flexibility index (Phi) is 2.69. The first kappa shape index (κ1) is 10.7. The van der Waals surface area contributed by atoms with Crippen LogP contribution in [0.5, 0.6) is 0 Å². The summed E-state index contributed by atoms with van der Waals surface area (Å²) in [6.45, 7) is 5.59. The smallest absolute Gasteiger partial charge is 0.200 e. The van der Waals surface area contributed by atoms with Gasteiger partial charge in [-0.3, -0.25) is 4.79 Å². The average molecular weight is 218 g/mol. The predicted molar refractivity (Wildman–Crippen MR) is 59.7 cm³/mol. The van der Waals surface area contributed by atoms with Crippen molar-refractivity contribution in [3.63, 3.8) is 0 Å². The fourth-order valence-electron chi connectivity index (χ4n) is 1.82. The highest BCUT2D eigenvalue weighted by molar-refractivity contribution is 6.10. The summed E-state index contributed by atoms with van der Waals surface area (Å²) >= 11 is 0. The van der Waals surface area contributed by atoms with Gasteiger partial charge in [-0.15, -0.1) is 0 Å². The molecule has 0 aliphatic heterocycles. The number of carbonyl (C=O) groups excluding carboxylic acids is 1. The van der Waals surface area contributed by atoms with Gasteiger partial charge in [0, 0.05) is 6.42 Å². The van der Waals surface area contributed by atoms with Gasteiger partial charge in [-0.25, -0.2) is 0 Å². The van der Waals surface area contributed by atoms with Crippen LogP contribution in [0.4, 0.5) is 0 Å². The molecule has 0 fully saturated rings. The van der Waals surface area contributed by atoms with E-state index in [0.717, 1.165) is 11.5 Å². The summed E-state index contributed by atoms with van der Waals surface area (Å²) in [5.41, 5.74) is 1.25. The van der Waals surface area contributed by atoms with Crippen molar-refractivity contribution in [3.05, 3.63) is 46.8 Å². The molecular formula is C13H14O3. The molecule has 0 saturated heterocycles. The van der Waals surface area contributed by atoms with E-state index in [1.807, 2.05) is 13.8 Å². The van der Waals surface area contributed by atoms with E-state index < -0.39 is 0 Å². The molecule has 0 aromatic carbocycles. The molecule has 3 heteroatoms. The van der Waals surface area contributed by atoms with Crippen molar-refractivity contribution in [1.29, 1.82) is 0 Å². The lowest BCUT2D eigenvalue weighted by Crippen LogP contribution is -2.02. The molecule has 0 saturated carbocycles. The van der Waals surface area contributed by atoms with E-state index >= 15 is 0 Å². The average Bonchev–Trinajstić information content (AvgIpc) is 2.83. The molecular weight excluding hydrogens is 204 g/mol. The first-order valence-electron chi connectivity index (χ1n) is 5.31. The van der Waals surface area contributed by atoms with Crippen LogP contribution in [0.15, 0.2) is 27.2 Å². The second-order valence-electron chi connectivity index (χ2n) is 3.77. The SMILES string of the molecule is CCc1occc1C(=O)c1cc(C)oc1C. The van der Waals surface area contributed by atoms with Gasteiger partial charge >= 0.3 is 0 Å².